The van der Waals surface area contributed by atoms with Crippen LogP contribution in [0.15, 0.2) is 0 Å². The molecule has 0 atom stereocenters. The SMILES string of the molecule is CCCC#N.CCC[N]. The molecule has 0 fully saturated rings. The van der Waals surface area contributed by atoms with Gasteiger partial charge in [0.15, 0.2) is 0 Å². The predicted octanol–water partition coefficient (Wildman–Crippen LogP) is 1.78. The summed E-state index contributed by atoms with van der Waals surface area (Å²) in [5, 5.41) is 7.82. The highest BCUT2D eigenvalue weighted by Crippen LogP contribution is 1.77. The highest BCUT2D eigenvalue weighted by atomic mass is 14.5. The van der Waals surface area contributed by atoms with Crippen LogP contribution < -0.4 is 5.73 Å². The summed E-state index contributed by atoms with van der Waals surface area (Å²) in [5.74, 6) is 0. The summed E-state index contributed by atoms with van der Waals surface area (Å²) >= 11 is 0. The number of rotatable bonds is 2. The lowest BCUT2D eigenvalue weighted by Crippen LogP contribution is -1.74. The van der Waals surface area contributed by atoms with E-state index in [4.69, 9.17) is 11.0 Å². The first-order valence-corrected chi connectivity index (χ1v) is 3.31. The van der Waals surface area contributed by atoms with Gasteiger partial charge in [0.25, 0.3) is 0 Å². The smallest absolute Gasteiger partial charge is 0.0621 e. The molecule has 0 aliphatic carbocycles. The van der Waals surface area contributed by atoms with Crippen molar-refractivity contribution in [2.45, 2.75) is 33.1 Å². The molecule has 2 nitrogen and oxygen atoms in total. The van der Waals surface area contributed by atoms with Gasteiger partial charge in [-0.2, -0.15) is 5.26 Å². The number of nitriles is 1. The van der Waals surface area contributed by atoms with Crippen molar-refractivity contribution in [2.75, 3.05) is 6.54 Å². The lowest BCUT2D eigenvalue weighted by atomic mass is 10.4. The predicted molar refractivity (Wildman–Crippen MR) is 37.8 cm³/mol. The second-order valence-electron chi connectivity index (χ2n) is 1.63. The highest BCUT2D eigenvalue weighted by molar-refractivity contribution is 4.65. The Kier molecular flexibility index (Phi) is 19.6. The molecule has 0 aromatic heterocycles. The van der Waals surface area contributed by atoms with Crippen molar-refractivity contribution in [1.82, 2.24) is 5.73 Å². The summed E-state index contributed by atoms with van der Waals surface area (Å²) in [4.78, 5) is 0. The fourth-order valence-electron chi connectivity index (χ4n) is 0.112. The van der Waals surface area contributed by atoms with Gasteiger partial charge in [0.2, 0.25) is 0 Å². The minimum atomic E-state index is 0.319. The maximum atomic E-state index is 7.88. The summed E-state index contributed by atoms with van der Waals surface area (Å²) in [6.07, 6.45) is 2.55. The lowest BCUT2D eigenvalue weighted by molar-refractivity contribution is 0.907. The van der Waals surface area contributed by atoms with Crippen LogP contribution in [0.2, 0.25) is 0 Å². The number of hydrogen-bond acceptors (Lipinski definition) is 1. The molecule has 2 radical (unpaired) electrons. The van der Waals surface area contributed by atoms with E-state index in [1.165, 1.54) is 0 Å². The topological polar surface area (TPSA) is 46.1 Å². The minimum Gasteiger partial charge on any atom is -0.198 e. The molecule has 0 N–H and O–H groups in total. The fraction of sp³-hybridized carbons (Fsp3) is 0.857. The van der Waals surface area contributed by atoms with Crippen molar-refractivity contribution in [2.24, 2.45) is 0 Å². The van der Waals surface area contributed by atoms with Crippen molar-refractivity contribution < 1.29 is 0 Å². The molecule has 2 heteroatoms. The first kappa shape index (κ1) is 11.3. The Bertz CT molecular complexity index is 61.8. The quantitative estimate of drug-likeness (QED) is 0.556. The number of nitrogens with zero attached hydrogens (tertiary/aromatic N) is 2. The molecule has 0 aromatic rings. The van der Waals surface area contributed by atoms with Crippen molar-refractivity contribution in [3.63, 3.8) is 0 Å². The minimum absolute atomic E-state index is 0.319. The molecule has 0 amide bonds. The molecule has 0 aromatic carbocycles. The average Bonchev–Trinajstić information content (AvgIpc) is 1.91. The van der Waals surface area contributed by atoms with E-state index in [0.717, 1.165) is 12.8 Å². The Morgan fingerprint density at radius 3 is 1.67 bits per heavy atom. The van der Waals surface area contributed by atoms with E-state index in [1.807, 2.05) is 19.9 Å². The zero-order valence-corrected chi connectivity index (χ0v) is 6.22. The van der Waals surface area contributed by atoms with Crippen molar-refractivity contribution in [1.29, 1.82) is 5.26 Å². The molecule has 0 aliphatic rings. The van der Waals surface area contributed by atoms with Gasteiger partial charge in [-0.25, -0.2) is 0 Å². The zero-order chi connectivity index (χ0) is 7.54. The molecule has 52 valence electrons. The van der Waals surface area contributed by atoms with Crippen molar-refractivity contribution in [3.05, 3.63) is 0 Å². The monoisotopic (exact) mass is 126 g/mol. The molecule has 0 saturated heterocycles. The van der Waals surface area contributed by atoms with E-state index in [1.54, 1.807) is 0 Å². The van der Waals surface area contributed by atoms with Crippen LogP contribution in [0.3, 0.4) is 0 Å². The van der Waals surface area contributed by atoms with Crippen molar-refractivity contribution in [3.8, 4) is 6.07 Å². The van der Waals surface area contributed by atoms with Crippen LogP contribution in [0, 0.1) is 11.3 Å². The van der Waals surface area contributed by atoms with Crippen molar-refractivity contribution >= 4 is 0 Å². The van der Waals surface area contributed by atoms with Crippen LogP contribution in [0.1, 0.15) is 33.1 Å². The van der Waals surface area contributed by atoms with Gasteiger partial charge in [-0.1, -0.05) is 13.8 Å². The third-order valence-corrected chi connectivity index (χ3v) is 0.585. The van der Waals surface area contributed by atoms with Gasteiger partial charge >= 0.3 is 0 Å². The second kappa shape index (κ2) is 15.7. The van der Waals surface area contributed by atoms with Gasteiger partial charge in [0, 0.05) is 13.0 Å². The van der Waals surface area contributed by atoms with Gasteiger partial charge in [0.1, 0.15) is 0 Å². The summed E-state index contributed by atoms with van der Waals surface area (Å²) in [7, 11) is 0. The largest absolute Gasteiger partial charge is 0.198 e. The van der Waals surface area contributed by atoms with E-state index in [2.05, 4.69) is 0 Å². The third kappa shape index (κ3) is 36.9. The van der Waals surface area contributed by atoms with E-state index in [9.17, 15) is 0 Å². The van der Waals surface area contributed by atoms with Crippen LogP contribution in [-0.4, -0.2) is 6.54 Å². The molecule has 0 aliphatic heterocycles. The fourth-order valence-corrected chi connectivity index (χ4v) is 0.112. The first-order chi connectivity index (χ1) is 4.33. The summed E-state index contributed by atoms with van der Waals surface area (Å²) in [5.41, 5.74) is 7.88. The maximum absolute atomic E-state index is 7.88. The summed E-state index contributed by atoms with van der Waals surface area (Å²) < 4.78 is 0. The molecule has 0 spiro atoms. The summed E-state index contributed by atoms with van der Waals surface area (Å²) in [6.45, 7) is 4.24. The number of unbranched alkanes of at least 4 members (excludes halogenated alkanes) is 1. The second-order valence-corrected chi connectivity index (χ2v) is 1.63. The van der Waals surface area contributed by atoms with E-state index in [-0.39, 0.29) is 0 Å². The Morgan fingerprint density at radius 2 is 1.67 bits per heavy atom. The van der Waals surface area contributed by atoms with E-state index >= 15 is 0 Å². The molecule has 0 bridgehead atoms. The Hall–Kier alpha value is -0.550. The van der Waals surface area contributed by atoms with Crippen LogP contribution in [0.25, 0.3) is 0 Å². The van der Waals surface area contributed by atoms with Crippen LogP contribution in [0.4, 0.5) is 0 Å². The van der Waals surface area contributed by atoms with Crippen LogP contribution >= 0.6 is 0 Å². The zero-order valence-electron chi connectivity index (χ0n) is 6.22. The van der Waals surface area contributed by atoms with Gasteiger partial charge in [0.05, 0.1) is 6.07 Å². The van der Waals surface area contributed by atoms with E-state index in [0.29, 0.717) is 13.0 Å². The number of hydrogen-bond donors (Lipinski definition) is 0. The molecular formula is C7H14N2. The highest BCUT2D eigenvalue weighted by Gasteiger charge is 1.65. The maximum Gasteiger partial charge on any atom is 0.0621 e. The normalized spacial score (nSPS) is 6.89. The standard InChI is InChI=1S/C4H7N.C3H7N/c1-2-3-4-5;1-2-3-4/h2-3H2,1H3;2-3H2,1H3. The summed E-state index contributed by atoms with van der Waals surface area (Å²) in [6, 6.07) is 2.02. The first-order valence-electron chi connectivity index (χ1n) is 3.31. The Labute approximate surface area is 57.7 Å². The third-order valence-electron chi connectivity index (χ3n) is 0.585. The molecule has 0 saturated carbocycles. The molecule has 0 heterocycles. The Balaban J connectivity index is 0. The van der Waals surface area contributed by atoms with Gasteiger partial charge in [-0.15, -0.1) is 5.73 Å². The van der Waals surface area contributed by atoms with Gasteiger partial charge < -0.3 is 0 Å². The van der Waals surface area contributed by atoms with Gasteiger partial charge in [-0.3, -0.25) is 0 Å². The van der Waals surface area contributed by atoms with Crippen LogP contribution in [0.5, 0.6) is 0 Å². The molecule has 9 heavy (non-hydrogen) atoms. The molecule has 0 unspecified atom stereocenters. The van der Waals surface area contributed by atoms with E-state index < -0.39 is 0 Å². The molecule has 0 rings (SSSR count). The van der Waals surface area contributed by atoms with Crippen LogP contribution in [-0.2, 0) is 0 Å². The Morgan fingerprint density at radius 1 is 1.22 bits per heavy atom. The lowest BCUT2D eigenvalue weighted by Gasteiger charge is -1.65. The average molecular weight is 126 g/mol. The van der Waals surface area contributed by atoms with Gasteiger partial charge in [-0.05, 0) is 12.8 Å². The molecular weight excluding hydrogens is 112 g/mol.